The van der Waals surface area contributed by atoms with Gasteiger partial charge in [-0.1, -0.05) is 12.2 Å². The molecular weight excluding hydrogens is 280 g/mol. The molecule has 0 spiro atoms. The zero-order valence-corrected chi connectivity index (χ0v) is 12.3. The lowest BCUT2D eigenvalue weighted by atomic mass is 9.93. The van der Waals surface area contributed by atoms with E-state index >= 15 is 0 Å². The van der Waals surface area contributed by atoms with E-state index < -0.39 is 0 Å². The van der Waals surface area contributed by atoms with E-state index in [0.717, 1.165) is 29.8 Å². The summed E-state index contributed by atoms with van der Waals surface area (Å²) in [6.45, 7) is 0.207. The second-order valence-electron chi connectivity index (χ2n) is 6.15. The predicted octanol–water partition coefficient (Wildman–Crippen LogP) is 1.48. The highest BCUT2D eigenvalue weighted by molar-refractivity contribution is 5.84. The van der Waals surface area contributed by atoms with Crippen molar-refractivity contribution < 1.29 is 5.11 Å². The van der Waals surface area contributed by atoms with Crippen LogP contribution in [-0.4, -0.2) is 37.3 Å². The van der Waals surface area contributed by atoms with Crippen LogP contribution in [0.2, 0.25) is 0 Å². The van der Waals surface area contributed by atoms with Crippen LogP contribution in [0.15, 0.2) is 18.5 Å². The Bertz CT molecular complexity index is 720. The Hall–Kier alpha value is -2.15. The van der Waals surface area contributed by atoms with E-state index in [9.17, 15) is 5.11 Å². The van der Waals surface area contributed by atoms with Crippen molar-refractivity contribution in [3.63, 3.8) is 0 Å². The molecule has 7 heteroatoms. The van der Waals surface area contributed by atoms with Crippen molar-refractivity contribution in [3.8, 4) is 0 Å². The van der Waals surface area contributed by atoms with E-state index in [4.69, 9.17) is 5.73 Å². The molecular formula is C15H20N6O. The minimum atomic E-state index is 0.205. The number of aromatic nitrogens is 4. The zero-order valence-electron chi connectivity index (χ0n) is 12.3. The van der Waals surface area contributed by atoms with Gasteiger partial charge < -0.3 is 20.7 Å². The van der Waals surface area contributed by atoms with Crippen molar-refractivity contribution in [2.75, 3.05) is 17.7 Å². The van der Waals surface area contributed by atoms with E-state index in [2.05, 4.69) is 37.0 Å². The molecule has 2 heterocycles. The number of nitrogens with two attached hydrogens (primary N) is 1. The number of nitrogens with one attached hydrogen (secondary N) is 1. The van der Waals surface area contributed by atoms with Crippen molar-refractivity contribution in [3.05, 3.63) is 18.5 Å². The molecule has 0 amide bonds. The van der Waals surface area contributed by atoms with Gasteiger partial charge in [-0.25, -0.2) is 4.98 Å². The molecule has 2 aliphatic rings. The van der Waals surface area contributed by atoms with E-state index in [1.54, 1.807) is 0 Å². The van der Waals surface area contributed by atoms with E-state index in [1.165, 1.54) is 12.8 Å². The highest BCUT2D eigenvalue weighted by Gasteiger charge is 2.25. The van der Waals surface area contributed by atoms with Gasteiger partial charge >= 0.3 is 0 Å². The SMILES string of the molecule is Nc1nc(NC2CC2)c2ncn([C@H]3C=C[C@@H](CO)CC3)c2n1. The molecule has 2 aliphatic carbocycles. The Kier molecular flexibility index (Phi) is 3.22. The number of aliphatic hydroxyl groups is 1. The molecule has 1 fully saturated rings. The number of anilines is 2. The number of nitrogen functional groups attached to an aromatic ring is 1. The molecule has 116 valence electrons. The fraction of sp³-hybridized carbons (Fsp3) is 0.533. The van der Waals surface area contributed by atoms with Gasteiger partial charge in [0.15, 0.2) is 17.0 Å². The Labute approximate surface area is 128 Å². The summed E-state index contributed by atoms with van der Waals surface area (Å²) in [7, 11) is 0. The molecule has 2 aromatic rings. The average Bonchev–Trinajstić information content (AvgIpc) is 3.24. The highest BCUT2D eigenvalue weighted by Crippen LogP contribution is 2.31. The molecule has 7 nitrogen and oxygen atoms in total. The standard InChI is InChI=1S/C15H20N6O/c16-15-19-13(18-10-3-4-10)12-14(20-15)21(8-17-12)11-5-1-9(7-22)2-6-11/h1,5,8-11,22H,2-4,6-7H2,(H3,16,18,19,20)/t9-,11+/m1/s1. The molecule has 4 N–H and O–H groups in total. The van der Waals surface area contributed by atoms with Gasteiger partial charge in [-0.05, 0) is 25.7 Å². The fourth-order valence-electron chi connectivity index (χ4n) is 2.94. The average molecular weight is 300 g/mol. The molecule has 2 atom stereocenters. The first-order chi connectivity index (χ1) is 10.7. The fourth-order valence-corrected chi connectivity index (χ4v) is 2.94. The second-order valence-corrected chi connectivity index (χ2v) is 6.15. The van der Waals surface area contributed by atoms with Gasteiger partial charge in [0.1, 0.15) is 0 Å². The maximum Gasteiger partial charge on any atom is 0.224 e. The molecule has 0 radical (unpaired) electrons. The van der Waals surface area contributed by atoms with Crippen molar-refractivity contribution in [2.24, 2.45) is 5.92 Å². The third-order valence-corrected chi connectivity index (χ3v) is 4.39. The minimum Gasteiger partial charge on any atom is -0.396 e. The first kappa shape index (κ1) is 13.5. The first-order valence-corrected chi connectivity index (χ1v) is 7.80. The van der Waals surface area contributed by atoms with Crippen LogP contribution in [0.5, 0.6) is 0 Å². The Morgan fingerprint density at radius 1 is 1.23 bits per heavy atom. The number of imidazole rings is 1. The molecule has 1 saturated carbocycles. The van der Waals surface area contributed by atoms with Gasteiger partial charge in [0, 0.05) is 18.6 Å². The Morgan fingerprint density at radius 3 is 2.77 bits per heavy atom. The Morgan fingerprint density at radius 2 is 2.09 bits per heavy atom. The molecule has 0 unspecified atom stereocenters. The van der Waals surface area contributed by atoms with Gasteiger partial charge in [-0.15, -0.1) is 0 Å². The van der Waals surface area contributed by atoms with Crippen LogP contribution < -0.4 is 11.1 Å². The van der Waals surface area contributed by atoms with Crippen LogP contribution >= 0.6 is 0 Å². The monoisotopic (exact) mass is 300 g/mol. The van der Waals surface area contributed by atoms with Gasteiger partial charge in [0.25, 0.3) is 0 Å². The summed E-state index contributed by atoms with van der Waals surface area (Å²) in [5, 5.41) is 12.6. The lowest BCUT2D eigenvalue weighted by Crippen LogP contribution is -2.15. The van der Waals surface area contributed by atoms with Crippen LogP contribution in [0.3, 0.4) is 0 Å². The van der Waals surface area contributed by atoms with Crippen molar-refractivity contribution in [2.45, 2.75) is 37.8 Å². The van der Waals surface area contributed by atoms with Crippen LogP contribution in [0.4, 0.5) is 11.8 Å². The summed E-state index contributed by atoms with van der Waals surface area (Å²) in [6, 6.07) is 0.693. The summed E-state index contributed by atoms with van der Waals surface area (Å²) in [5.41, 5.74) is 7.42. The maximum absolute atomic E-state index is 9.23. The van der Waals surface area contributed by atoms with Crippen LogP contribution in [0.1, 0.15) is 31.7 Å². The molecule has 0 aromatic carbocycles. The smallest absolute Gasteiger partial charge is 0.224 e. The zero-order chi connectivity index (χ0) is 15.1. The number of allylic oxidation sites excluding steroid dienone is 1. The van der Waals surface area contributed by atoms with E-state index in [0.29, 0.717) is 6.04 Å². The highest BCUT2D eigenvalue weighted by atomic mass is 16.3. The summed E-state index contributed by atoms with van der Waals surface area (Å²) < 4.78 is 2.05. The number of hydrogen-bond acceptors (Lipinski definition) is 6. The number of aliphatic hydroxyl groups excluding tert-OH is 1. The van der Waals surface area contributed by atoms with E-state index in [1.807, 2.05) is 6.33 Å². The van der Waals surface area contributed by atoms with E-state index in [-0.39, 0.29) is 24.5 Å². The van der Waals surface area contributed by atoms with Gasteiger partial charge in [0.2, 0.25) is 5.95 Å². The normalized spacial score (nSPS) is 24.8. The lowest BCUT2D eigenvalue weighted by molar-refractivity contribution is 0.235. The third kappa shape index (κ3) is 2.41. The molecule has 2 aromatic heterocycles. The van der Waals surface area contributed by atoms with Crippen molar-refractivity contribution in [1.29, 1.82) is 0 Å². The van der Waals surface area contributed by atoms with Gasteiger partial charge in [-0.3, -0.25) is 0 Å². The maximum atomic E-state index is 9.23. The van der Waals surface area contributed by atoms with Gasteiger partial charge in [0.05, 0.1) is 12.4 Å². The van der Waals surface area contributed by atoms with Crippen molar-refractivity contribution in [1.82, 2.24) is 19.5 Å². The molecule has 0 saturated heterocycles. The van der Waals surface area contributed by atoms with Crippen LogP contribution in [0.25, 0.3) is 11.2 Å². The summed E-state index contributed by atoms with van der Waals surface area (Å²) >= 11 is 0. The molecule has 4 rings (SSSR count). The first-order valence-electron chi connectivity index (χ1n) is 7.80. The summed E-state index contributed by atoms with van der Waals surface area (Å²) in [6.07, 6.45) is 10.3. The second kappa shape index (κ2) is 5.24. The summed E-state index contributed by atoms with van der Waals surface area (Å²) in [5.74, 6) is 1.26. The lowest BCUT2D eigenvalue weighted by Gasteiger charge is -2.22. The quantitative estimate of drug-likeness (QED) is 0.739. The summed E-state index contributed by atoms with van der Waals surface area (Å²) in [4.78, 5) is 13.2. The number of rotatable bonds is 4. The number of fused-ring (bicyclic) bond motifs is 1. The Balaban J connectivity index is 1.71. The van der Waals surface area contributed by atoms with Gasteiger partial charge in [-0.2, -0.15) is 9.97 Å². The largest absolute Gasteiger partial charge is 0.396 e. The molecule has 0 aliphatic heterocycles. The number of hydrogen-bond donors (Lipinski definition) is 3. The predicted molar refractivity (Wildman–Crippen MR) is 84.4 cm³/mol. The minimum absolute atomic E-state index is 0.205. The van der Waals surface area contributed by atoms with Crippen LogP contribution in [0, 0.1) is 5.92 Å². The number of nitrogens with zero attached hydrogens (tertiary/aromatic N) is 4. The molecule has 22 heavy (non-hydrogen) atoms. The molecule has 0 bridgehead atoms. The third-order valence-electron chi connectivity index (χ3n) is 4.39. The van der Waals surface area contributed by atoms with Crippen molar-refractivity contribution >= 4 is 22.9 Å². The topological polar surface area (TPSA) is 102 Å². The van der Waals surface area contributed by atoms with Crippen LogP contribution in [-0.2, 0) is 0 Å².